The van der Waals surface area contributed by atoms with Crippen LogP contribution in [0.25, 0.3) is 22.4 Å². The first-order chi connectivity index (χ1) is 11.3. The molecule has 0 amide bonds. The average molecular weight is 284 g/mol. The minimum absolute atomic E-state index is 0.162. The molecule has 0 radical (unpaired) electrons. The molecule has 1 heterocycles. The lowest BCUT2D eigenvalue weighted by Gasteiger charge is -2.06. The van der Waals surface area contributed by atoms with E-state index < -0.39 is 18.5 Å². The predicted octanol–water partition coefficient (Wildman–Crippen LogP) is 5.00. The molecule has 21 heavy (non-hydrogen) atoms. The number of aryl methyl sites for hydroxylation is 1. The van der Waals surface area contributed by atoms with Gasteiger partial charge in [0, 0.05) is 21.9 Å². The van der Waals surface area contributed by atoms with Gasteiger partial charge in [-0.3, -0.25) is 4.98 Å². The number of halogens is 2. The van der Waals surface area contributed by atoms with Crippen molar-refractivity contribution in [1.82, 2.24) is 4.98 Å². The zero-order chi connectivity index (χ0) is 17.3. The molecular weight excluding hydrogens is 268 g/mol. The number of hydrogen-bond acceptors (Lipinski definition) is 1. The van der Waals surface area contributed by atoms with Crippen LogP contribution in [-0.2, 0) is 0 Å². The van der Waals surface area contributed by atoms with Gasteiger partial charge in [-0.2, -0.15) is 0 Å². The van der Waals surface area contributed by atoms with E-state index >= 15 is 0 Å². The second-order valence-corrected chi connectivity index (χ2v) is 4.67. The Hall–Kier alpha value is -2.55. The van der Waals surface area contributed by atoms with Crippen molar-refractivity contribution in [2.75, 3.05) is 0 Å². The first-order valence-electron chi connectivity index (χ1n) is 7.86. The molecule has 0 fully saturated rings. The van der Waals surface area contributed by atoms with Gasteiger partial charge in [0.15, 0.2) is 0 Å². The maximum Gasteiger partial charge on any atom is 0.126 e. The molecule has 0 spiro atoms. The summed E-state index contributed by atoms with van der Waals surface area (Å²) in [5.74, 6) is -1.29. The van der Waals surface area contributed by atoms with Crippen LogP contribution < -0.4 is 0 Å². The summed E-state index contributed by atoms with van der Waals surface area (Å²) in [5, 5.41) is 0. The quantitative estimate of drug-likeness (QED) is 0.645. The monoisotopic (exact) mass is 284 g/mol. The van der Waals surface area contributed by atoms with Gasteiger partial charge in [0.25, 0.3) is 0 Å². The average Bonchev–Trinajstić information content (AvgIpc) is 2.53. The molecule has 0 aliphatic carbocycles. The first-order valence-corrected chi connectivity index (χ1v) is 6.36. The summed E-state index contributed by atoms with van der Waals surface area (Å²) in [6.45, 7) is -2.20. The third-order valence-corrected chi connectivity index (χ3v) is 3.12. The maximum absolute atomic E-state index is 13.4. The first kappa shape index (κ1) is 10.2. The standard InChI is InChI=1S/C18H13F2N/c1-12-5-6-18(21-11-12)14-4-2-3-13(7-14)15-8-16(19)10-17(20)9-15/h2-11H,1H3/i1D3. The molecule has 0 saturated carbocycles. The summed E-state index contributed by atoms with van der Waals surface area (Å²) in [4.78, 5) is 4.18. The summed E-state index contributed by atoms with van der Waals surface area (Å²) in [6, 6.07) is 13.5. The Morgan fingerprint density at radius 3 is 2.29 bits per heavy atom. The van der Waals surface area contributed by atoms with Crippen LogP contribution in [0.4, 0.5) is 8.78 Å². The predicted molar refractivity (Wildman–Crippen MR) is 79.8 cm³/mol. The van der Waals surface area contributed by atoms with E-state index in [1.807, 2.05) is 0 Å². The summed E-state index contributed by atoms with van der Waals surface area (Å²) >= 11 is 0. The van der Waals surface area contributed by atoms with Gasteiger partial charge < -0.3 is 0 Å². The lowest BCUT2D eigenvalue weighted by molar-refractivity contribution is 0.584. The molecule has 1 nitrogen and oxygen atoms in total. The minimum atomic E-state index is -2.20. The Morgan fingerprint density at radius 1 is 0.857 bits per heavy atom. The Morgan fingerprint density at radius 2 is 1.62 bits per heavy atom. The van der Waals surface area contributed by atoms with E-state index in [4.69, 9.17) is 4.11 Å². The van der Waals surface area contributed by atoms with Gasteiger partial charge in [-0.15, -0.1) is 0 Å². The molecule has 3 rings (SSSR count). The number of nitrogens with zero attached hydrogens (tertiary/aromatic N) is 1. The van der Waals surface area contributed by atoms with Crippen molar-refractivity contribution in [1.29, 1.82) is 0 Å². The molecule has 3 heteroatoms. The van der Waals surface area contributed by atoms with Crippen molar-refractivity contribution in [2.24, 2.45) is 0 Å². The van der Waals surface area contributed by atoms with Crippen LogP contribution in [0.1, 0.15) is 9.68 Å². The summed E-state index contributed by atoms with van der Waals surface area (Å²) < 4.78 is 48.8. The highest BCUT2D eigenvalue weighted by molar-refractivity contribution is 5.71. The lowest BCUT2D eigenvalue weighted by Crippen LogP contribution is -1.87. The Kier molecular flexibility index (Phi) is 2.65. The van der Waals surface area contributed by atoms with Gasteiger partial charge in [0.05, 0.1) is 5.69 Å². The second-order valence-electron chi connectivity index (χ2n) is 4.67. The van der Waals surface area contributed by atoms with Crippen LogP contribution >= 0.6 is 0 Å². The van der Waals surface area contributed by atoms with E-state index in [0.717, 1.165) is 11.6 Å². The third-order valence-electron chi connectivity index (χ3n) is 3.12. The molecule has 0 unspecified atom stereocenters. The van der Waals surface area contributed by atoms with Gasteiger partial charge in [0.1, 0.15) is 11.6 Å². The summed E-state index contributed by atoms with van der Waals surface area (Å²) in [7, 11) is 0. The molecule has 0 atom stereocenters. The maximum atomic E-state index is 13.4. The topological polar surface area (TPSA) is 12.9 Å². The van der Waals surface area contributed by atoms with Crippen molar-refractivity contribution < 1.29 is 12.9 Å². The van der Waals surface area contributed by atoms with Crippen LogP contribution in [0.2, 0.25) is 0 Å². The lowest BCUT2D eigenvalue weighted by atomic mass is 10.0. The van der Waals surface area contributed by atoms with Crippen LogP contribution in [0.15, 0.2) is 60.8 Å². The van der Waals surface area contributed by atoms with Crippen LogP contribution in [0.3, 0.4) is 0 Å². The van der Waals surface area contributed by atoms with E-state index in [-0.39, 0.29) is 5.56 Å². The van der Waals surface area contributed by atoms with Crippen molar-refractivity contribution in [3.05, 3.63) is 78.0 Å². The molecule has 0 N–H and O–H groups in total. The molecule has 0 aliphatic heterocycles. The number of benzene rings is 2. The van der Waals surface area contributed by atoms with Crippen molar-refractivity contribution in [2.45, 2.75) is 6.85 Å². The van der Waals surface area contributed by atoms with E-state index in [2.05, 4.69) is 4.98 Å². The largest absolute Gasteiger partial charge is 0.256 e. The van der Waals surface area contributed by atoms with E-state index in [1.165, 1.54) is 24.4 Å². The number of hydrogen-bond donors (Lipinski definition) is 0. The van der Waals surface area contributed by atoms with Gasteiger partial charge in [0.2, 0.25) is 0 Å². The molecule has 1 aromatic heterocycles. The Balaban J connectivity index is 1.99. The van der Waals surface area contributed by atoms with Crippen LogP contribution in [-0.4, -0.2) is 4.98 Å². The fourth-order valence-corrected chi connectivity index (χ4v) is 2.14. The molecule has 0 saturated heterocycles. The van der Waals surface area contributed by atoms with Crippen molar-refractivity contribution in [3.8, 4) is 22.4 Å². The summed E-state index contributed by atoms with van der Waals surface area (Å²) in [5.41, 5.74) is 2.55. The van der Waals surface area contributed by atoms with E-state index in [9.17, 15) is 8.78 Å². The SMILES string of the molecule is [2H]C([2H])([2H])c1ccc(-c2cccc(-c3cc(F)cc(F)c3)c2)nc1. The fraction of sp³-hybridized carbons (Fsp3) is 0.0556. The molecule has 3 aromatic rings. The van der Waals surface area contributed by atoms with Crippen molar-refractivity contribution in [3.63, 3.8) is 0 Å². The van der Waals surface area contributed by atoms with E-state index in [0.29, 0.717) is 16.8 Å². The molecule has 2 aromatic carbocycles. The number of aromatic nitrogens is 1. The summed E-state index contributed by atoms with van der Waals surface area (Å²) in [6.07, 6.45) is 1.32. The smallest absolute Gasteiger partial charge is 0.126 e. The molecule has 0 bridgehead atoms. The molecule has 104 valence electrons. The van der Waals surface area contributed by atoms with Crippen molar-refractivity contribution >= 4 is 0 Å². The van der Waals surface area contributed by atoms with Gasteiger partial charge >= 0.3 is 0 Å². The van der Waals surface area contributed by atoms with Gasteiger partial charge in [-0.05, 0) is 47.8 Å². The Bertz CT molecular complexity index is 854. The zero-order valence-corrected chi connectivity index (χ0v) is 11.0. The third kappa shape index (κ3) is 2.97. The second kappa shape index (κ2) is 5.44. The van der Waals surface area contributed by atoms with Crippen LogP contribution in [0.5, 0.6) is 0 Å². The normalized spacial score (nSPS) is 13.3. The van der Waals surface area contributed by atoms with E-state index in [1.54, 1.807) is 30.3 Å². The highest BCUT2D eigenvalue weighted by Gasteiger charge is 2.05. The zero-order valence-electron chi connectivity index (χ0n) is 14.0. The number of pyridine rings is 1. The molecular formula is C18H13F2N. The van der Waals surface area contributed by atoms with Gasteiger partial charge in [-0.1, -0.05) is 24.3 Å². The Labute approximate surface area is 126 Å². The molecule has 0 aliphatic rings. The highest BCUT2D eigenvalue weighted by atomic mass is 19.1. The fourth-order valence-electron chi connectivity index (χ4n) is 2.14. The van der Waals surface area contributed by atoms with Gasteiger partial charge in [-0.25, -0.2) is 8.78 Å². The number of rotatable bonds is 2. The van der Waals surface area contributed by atoms with Crippen LogP contribution in [0, 0.1) is 18.5 Å². The minimum Gasteiger partial charge on any atom is -0.256 e. The highest BCUT2D eigenvalue weighted by Crippen LogP contribution is 2.26.